The molecule has 0 saturated carbocycles. The Balaban J connectivity index is 1.69. The van der Waals surface area contributed by atoms with Crippen molar-refractivity contribution in [2.45, 2.75) is 32.4 Å². The molecule has 1 aliphatic rings. The summed E-state index contributed by atoms with van der Waals surface area (Å²) in [5.74, 6) is -1.33. The molecule has 7 nitrogen and oxygen atoms in total. The molecule has 162 valence electrons. The number of carbonyl (C=O) groups is 2. The Labute approximate surface area is 176 Å². The van der Waals surface area contributed by atoms with Crippen LogP contribution in [0.5, 0.6) is 0 Å². The Kier molecular flexibility index (Phi) is 6.64. The summed E-state index contributed by atoms with van der Waals surface area (Å²) in [7, 11) is 0. The second-order valence-electron chi connectivity index (χ2n) is 6.98. The van der Waals surface area contributed by atoms with Crippen LogP contribution in [0.2, 0.25) is 5.15 Å². The zero-order valence-corrected chi connectivity index (χ0v) is 17.0. The summed E-state index contributed by atoms with van der Waals surface area (Å²) in [4.78, 5) is 31.9. The van der Waals surface area contributed by atoms with Gasteiger partial charge in [-0.2, -0.15) is 18.3 Å². The second-order valence-corrected chi connectivity index (χ2v) is 7.34. The Morgan fingerprint density at radius 2 is 2.13 bits per heavy atom. The highest BCUT2D eigenvalue weighted by atomic mass is 35.5. The molecule has 1 saturated heterocycles. The molecule has 0 spiro atoms. The first kappa shape index (κ1) is 22.1. The molecule has 0 bridgehead atoms. The maximum Gasteiger partial charge on any atom is 0.389 e. The summed E-state index contributed by atoms with van der Waals surface area (Å²) in [5, 5.41) is 4.37. The van der Waals surface area contributed by atoms with Crippen LogP contribution in [0.4, 0.5) is 18.9 Å². The van der Waals surface area contributed by atoms with E-state index in [0.717, 1.165) is 0 Å². The molecule has 0 N–H and O–H groups in total. The molecule has 1 atom stereocenters. The first-order valence-corrected chi connectivity index (χ1v) is 9.89. The van der Waals surface area contributed by atoms with Gasteiger partial charge in [-0.1, -0.05) is 11.6 Å². The van der Waals surface area contributed by atoms with Gasteiger partial charge in [-0.3, -0.25) is 14.6 Å². The number of hydrogen-bond acceptors (Lipinski definition) is 4. The van der Waals surface area contributed by atoms with Crippen molar-refractivity contribution in [2.24, 2.45) is 5.92 Å². The van der Waals surface area contributed by atoms with Gasteiger partial charge in [-0.05, 0) is 25.5 Å². The summed E-state index contributed by atoms with van der Waals surface area (Å²) in [6.45, 7) is 2.47. The second kappa shape index (κ2) is 9.03. The van der Waals surface area contributed by atoms with Gasteiger partial charge >= 0.3 is 6.18 Å². The third-order valence-electron chi connectivity index (χ3n) is 4.95. The largest absolute Gasteiger partial charge is 0.389 e. The zero-order chi connectivity index (χ0) is 21.9. The van der Waals surface area contributed by atoms with Crippen molar-refractivity contribution in [3.8, 4) is 5.69 Å². The van der Waals surface area contributed by atoms with Gasteiger partial charge in [0.15, 0.2) is 5.15 Å². The van der Waals surface area contributed by atoms with Gasteiger partial charge < -0.3 is 9.80 Å². The summed E-state index contributed by atoms with van der Waals surface area (Å²) < 4.78 is 38.6. The molecule has 1 aliphatic heterocycles. The number of hydrogen-bond donors (Lipinski definition) is 0. The van der Waals surface area contributed by atoms with Crippen molar-refractivity contribution in [3.05, 3.63) is 35.9 Å². The fourth-order valence-electron chi connectivity index (χ4n) is 3.41. The molecule has 2 amide bonds. The van der Waals surface area contributed by atoms with E-state index in [1.807, 2.05) is 0 Å². The number of rotatable bonds is 6. The minimum absolute atomic E-state index is 0.0976. The fourth-order valence-corrected chi connectivity index (χ4v) is 3.64. The lowest BCUT2D eigenvalue weighted by molar-refractivity contribution is -0.148. The van der Waals surface area contributed by atoms with Crippen molar-refractivity contribution in [3.63, 3.8) is 0 Å². The van der Waals surface area contributed by atoms with Crippen molar-refractivity contribution >= 4 is 29.1 Å². The lowest BCUT2D eigenvalue weighted by Gasteiger charge is -2.23. The molecule has 11 heteroatoms. The maximum absolute atomic E-state index is 13.1. The standard InChI is InChI=1S/C19H21ClF3N5O2/c1-2-27(15-12-28(25-17(15)20)14-4-3-8-24-10-14)18(30)13-6-9-26(11-13)16(29)5-7-19(21,22)23/h3-4,8,10,12-13H,2,5-7,9,11H2,1H3. The molecule has 0 aromatic carbocycles. The minimum atomic E-state index is -4.38. The smallest absolute Gasteiger partial charge is 0.342 e. The molecule has 3 rings (SSSR count). The summed E-state index contributed by atoms with van der Waals surface area (Å²) in [6, 6.07) is 3.54. The van der Waals surface area contributed by atoms with Crippen LogP contribution in [0.1, 0.15) is 26.2 Å². The van der Waals surface area contributed by atoms with Gasteiger partial charge in [0.25, 0.3) is 0 Å². The fraction of sp³-hybridized carbons (Fsp3) is 0.474. The molecule has 2 aromatic rings. The number of pyridine rings is 1. The highest BCUT2D eigenvalue weighted by Crippen LogP contribution is 2.30. The summed E-state index contributed by atoms with van der Waals surface area (Å²) in [6.07, 6.45) is -0.902. The maximum atomic E-state index is 13.1. The van der Waals surface area contributed by atoms with E-state index in [1.165, 1.54) is 14.5 Å². The van der Waals surface area contributed by atoms with Gasteiger partial charge in [0, 0.05) is 32.3 Å². The molecule has 1 fully saturated rings. The molecule has 30 heavy (non-hydrogen) atoms. The van der Waals surface area contributed by atoms with Crippen LogP contribution >= 0.6 is 11.6 Å². The number of nitrogens with zero attached hydrogens (tertiary/aromatic N) is 5. The highest BCUT2D eigenvalue weighted by Gasteiger charge is 2.36. The van der Waals surface area contributed by atoms with E-state index in [-0.39, 0.29) is 24.1 Å². The van der Waals surface area contributed by atoms with E-state index < -0.39 is 30.8 Å². The Morgan fingerprint density at radius 3 is 2.77 bits per heavy atom. The lowest BCUT2D eigenvalue weighted by atomic mass is 10.1. The van der Waals surface area contributed by atoms with E-state index in [9.17, 15) is 22.8 Å². The molecule has 1 unspecified atom stereocenters. The SMILES string of the molecule is CCN(C(=O)C1CCN(C(=O)CCC(F)(F)F)C1)c1cn(-c2cccnc2)nc1Cl. The molecule has 2 aromatic heterocycles. The number of carbonyl (C=O) groups excluding carboxylic acids is 2. The normalized spacial score (nSPS) is 16.7. The third kappa shape index (κ3) is 5.10. The van der Waals surface area contributed by atoms with Crippen LogP contribution in [0.25, 0.3) is 5.69 Å². The van der Waals surface area contributed by atoms with Gasteiger partial charge in [0.1, 0.15) is 5.69 Å². The quantitative estimate of drug-likeness (QED) is 0.685. The average Bonchev–Trinajstić information content (AvgIpc) is 3.34. The molecule has 0 radical (unpaired) electrons. The van der Waals surface area contributed by atoms with Gasteiger partial charge in [0.05, 0.1) is 30.4 Å². The van der Waals surface area contributed by atoms with Gasteiger partial charge in [-0.25, -0.2) is 4.68 Å². The first-order chi connectivity index (χ1) is 14.2. The minimum Gasteiger partial charge on any atom is -0.342 e. The zero-order valence-electron chi connectivity index (χ0n) is 16.3. The Morgan fingerprint density at radius 1 is 1.37 bits per heavy atom. The van der Waals surface area contributed by atoms with Crippen LogP contribution in [0.3, 0.4) is 0 Å². The van der Waals surface area contributed by atoms with E-state index >= 15 is 0 Å². The molecular formula is C19H21ClF3N5O2. The van der Waals surface area contributed by atoms with Crippen LogP contribution in [0, 0.1) is 5.92 Å². The number of alkyl halides is 3. The number of halogens is 4. The van der Waals surface area contributed by atoms with Crippen LogP contribution in [-0.2, 0) is 9.59 Å². The van der Waals surface area contributed by atoms with Crippen LogP contribution in [0.15, 0.2) is 30.7 Å². The van der Waals surface area contributed by atoms with E-state index in [2.05, 4.69) is 10.1 Å². The predicted molar refractivity (Wildman–Crippen MR) is 104 cm³/mol. The van der Waals surface area contributed by atoms with Crippen LogP contribution in [-0.4, -0.2) is 57.3 Å². The van der Waals surface area contributed by atoms with Crippen molar-refractivity contribution < 1.29 is 22.8 Å². The van der Waals surface area contributed by atoms with E-state index in [1.54, 1.807) is 37.6 Å². The molecule has 0 aliphatic carbocycles. The van der Waals surface area contributed by atoms with E-state index in [4.69, 9.17) is 11.6 Å². The Bertz CT molecular complexity index is 903. The van der Waals surface area contributed by atoms with Gasteiger partial charge in [0.2, 0.25) is 11.8 Å². The Hall–Kier alpha value is -2.62. The van der Waals surface area contributed by atoms with Crippen LogP contribution < -0.4 is 4.90 Å². The monoisotopic (exact) mass is 443 g/mol. The topological polar surface area (TPSA) is 71.3 Å². The number of amides is 2. The van der Waals surface area contributed by atoms with Gasteiger partial charge in [-0.15, -0.1) is 0 Å². The van der Waals surface area contributed by atoms with Crippen molar-refractivity contribution in [1.29, 1.82) is 0 Å². The summed E-state index contributed by atoms with van der Waals surface area (Å²) in [5.41, 5.74) is 1.10. The number of likely N-dealkylation sites (tertiary alicyclic amines) is 1. The van der Waals surface area contributed by atoms with Crippen molar-refractivity contribution in [1.82, 2.24) is 19.7 Å². The first-order valence-electron chi connectivity index (χ1n) is 9.51. The predicted octanol–water partition coefficient (Wildman–Crippen LogP) is 3.46. The number of anilines is 1. The third-order valence-corrected chi connectivity index (χ3v) is 5.22. The average molecular weight is 444 g/mol. The molecular weight excluding hydrogens is 423 g/mol. The number of aromatic nitrogens is 3. The van der Waals surface area contributed by atoms with Crippen molar-refractivity contribution in [2.75, 3.05) is 24.5 Å². The molecule has 3 heterocycles. The van der Waals surface area contributed by atoms with E-state index in [0.29, 0.717) is 24.3 Å². The lowest BCUT2D eigenvalue weighted by Crippen LogP contribution is -2.38. The highest BCUT2D eigenvalue weighted by molar-refractivity contribution is 6.32. The summed E-state index contributed by atoms with van der Waals surface area (Å²) >= 11 is 6.26.